The number of hydrogen-bond acceptors (Lipinski definition) is 6. The summed E-state index contributed by atoms with van der Waals surface area (Å²) in [5.74, 6) is 0.0680. The van der Waals surface area contributed by atoms with Gasteiger partial charge in [0.15, 0.2) is 11.9 Å². The van der Waals surface area contributed by atoms with E-state index in [9.17, 15) is 10.0 Å². The second-order valence-electron chi connectivity index (χ2n) is 5.12. The Labute approximate surface area is 156 Å². The Balaban J connectivity index is 0.00000364. The molecule has 5 N–H and O–H groups in total. The predicted octanol–water partition coefficient (Wildman–Crippen LogP) is 2.89. The Hall–Kier alpha value is -3.72. The quantitative estimate of drug-likeness (QED) is 0.283. The first-order valence-corrected chi connectivity index (χ1v) is 7.72. The highest BCUT2D eigenvalue weighted by Crippen LogP contribution is 2.12. The maximum absolute atomic E-state index is 11.6. The van der Waals surface area contributed by atoms with E-state index >= 15 is 0 Å². The van der Waals surface area contributed by atoms with Crippen molar-refractivity contribution in [3.05, 3.63) is 77.0 Å². The third kappa shape index (κ3) is 8.27. The summed E-state index contributed by atoms with van der Waals surface area (Å²) in [5.41, 5.74) is 4.03. The van der Waals surface area contributed by atoms with E-state index in [1.807, 2.05) is 36.4 Å². The third-order valence-electron chi connectivity index (χ3n) is 3.15. The van der Waals surface area contributed by atoms with E-state index in [0.717, 1.165) is 5.56 Å². The van der Waals surface area contributed by atoms with Gasteiger partial charge in [0.25, 0.3) is 5.91 Å². The molecule has 9 heteroatoms. The van der Waals surface area contributed by atoms with Gasteiger partial charge in [-0.3, -0.25) is 4.79 Å². The lowest BCUT2D eigenvalue weighted by atomic mass is 10.2. The van der Waals surface area contributed by atoms with Crippen molar-refractivity contribution in [1.29, 1.82) is 0 Å². The number of hydrazone groups is 1. The minimum Gasteiger partial charge on any atom is -0.597 e. The first kappa shape index (κ1) is 21.3. The molecule has 0 spiro atoms. The smallest absolute Gasteiger partial charge is 0.277 e. The van der Waals surface area contributed by atoms with Crippen LogP contribution in [0.3, 0.4) is 0 Å². The summed E-state index contributed by atoms with van der Waals surface area (Å²) in [5, 5.41) is 25.5. The highest BCUT2D eigenvalue weighted by Gasteiger charge is 2.03. The molecule has 0 aliphatic carbocycles. The van der Waals surface area contributed by atoms with Crippen molar-refractivity contribution in [2.75, 3.05) is 6.61 Å². The summed E-state index contributed by atoms with van der Waals surface area (Å²) in [6.45, 7) is -0.277. The van der Waals surface area contributed by atoms with E-state index in [1.165, 1.54) is 6.21 Å². The largest absolute Gasteiger partial charge is 0.597 e. The molecule has 0 aliphatic heterocycles. The van der Waals surface area contributed by atoms with E-state index in [1.54, 1.807) is 30.3 Å². The number of amides is 1. The van der Waals surface area contributed by atoms with Crippen molar-refractivity contribution in [3.8, 4) is 5.75 Å². The van der Waals surface area contributed by atoms with Gasteiger partial charge in [0.05, 0.1) is 0 Å². The summed E-state index contributed by atoms with van der Waals surface area (Å²) >= 11 is 0. The molecule has 0 atom stereocenters. The van der Waals surface area contributed by atoms with E-state index in [0.29, 0.717) is 11.3 Å². The Morgan fingerprint density at radius 1 is 1.19 bits per heavy atom. The van der Waals surface area contributed by atoms with E-state index in [-0.39, 0.29) is 24.2 Å². The molecule has 0 saturated heterocycles. The topological polar surface area (TPSA) is 144 Å². The normalized spacial score (nSPS) is 11.3. The maximum Gasteiger partial charge on any atom is 0.277 e. The fourth-order valence-electron chi connectivity index (χ4n) is 1.93. The van der Waals surface area contributed by atoms with Crippen molar-refractivity contribution in [2.24, 2.45) is 10.4 Å². The number of nitrogens with one attached hydrogen (secondary N) is 1. The number of carbonyl (C=O) groups excluding carboxylic acids is 1. The van der Waals surface area contributed by atoms with Crippen LogP contribution in [0.2, 0.25) is 0 Å². The second-order valence-corrected chi connectivity index (χ2v) is 5.12. The number of carbonyl (C=O) groups is 1. The number of hydrogen-bond donors (Lipinski definition) is 3. The van der Waals surface area contributed by atoms with Gasteiger partial charge in [-0.25, -0.2) is 5.43 Å². The molecule has 1 amide bonds. The van der Waals surface area contributed by atoms with Crippen LogP contribution in [0.4, 0.5) is 0 Å². The molecule has 2 rings (SSSR count). The van der Waals surface area contributed by atoms with Crippen LogP contribution in [0.1, 0.15) is 11.1 Å². The summed E-state index contributed by atoms with van der Waals surface area (Å²) in [6.07, 6.45) is 5.05. The van der Waals surface area contributed by atoms with Crippen molar-refractivity contribution in [1.82, 2.24) is 11.6 Å². The summed E-state index contributed by atoms with van der Waals surface area (Å²) < 4.78 is 5.31. The molecule has 2 aromatic rings. The van der Waals surface area contributed by atoms with Gasteiger partial charge in [-0.1, -0.05) is 41.3 Å². The van der Waals surface area contributed by atoms with Crippen molar-refractivity contribution in [2.45, 2.75) is 6.54 Å². The van der Waals surface area contributed by atoms with Crippen LogP contribution in [0.5, 0.6) is 5.75 Å². The predicted molar refractivity (Wildman–Crippen MR) is 101 cm³/mol. The van der Waals surface area contributed by atoms with Crippen LogP contribution in [0, 0.1) is 5.21 Å². The minimum absolute atomic E-state index is 0. The Kier molecular flexibility index (Phi) is 9.29. The average molecular weight is 371 g/mol. The van der Waals surface area contributed by atoms with Gasteiger partial charge in [0, 0.05) is 11.8 Å². The van der Waals surface area contributed by atoms with E-state index < -0.39 is 5.91 Å². The molecule has 0 saturated carbocycles. The highest BCUT2D eigenvalue weighted by molar-refractivity contribution is 5.81. The number of ether oxygens (including phenoxy) is 1. The summed E-state index contributed by atoms with van der Waals surface area (Å²) in [6, 6.07) is 16.2. The maximum atomic E-state index is 11.6. The van der Waals surface area contributed by atoms with Gasteiger partial charge in [-0.05, 0) is 35.9 Å². The number of nitrogens with zero attached hydrogens (tertiary/aromatic N) is 3. The first-order chi connectivity index (χ1) is 12.7. The summed E-state index contributed by atoms with van der Waals surface area (Å²) in [7, 11) is 0. The fraction of sp³-hybridized carbons (Fsp3) is 0.111. The molecular formula is C18H21N5O4. The van der Waals surface area contributed by atoms with Crippen LogP contribution in [-0.4, -0.2) is 28.8 Å². The monoisotopic (exact) mass is 371 g/mol. The Morgan fingerprint density at radius 3 is 2.56 bits per heavy atom. The molecule has 0 unspecified atom stereocenters. The zero-order valence-electron chi connectivity index (χ0n) is 14.6. The van der Waals surface area contributed by atoms with Gasteiger partial charge < -0.3 is 21.3 Å². The minimum atomic E-state index is -0.400. The second kappa shape index (κ2) is 11.8. The van der Waals surface area contributed by atoms with E-state index in [2.05, 4.69) is 15.8 Å². The fourth-order valence-corrected chi connectivity index (χ4v) is 1.93. The van der Waals surface area contributed by atoms with Crippen molar-refractivity contribution >= 4 is 18.2 Å². The van der Waals surface area contributed by atoms with Crippen LogP contribution >= 0.6 is 0 Å². The molecule has 0 heterocycles. The molecule has 0 aromatic heterocycles. The number of allylic oxidation sites excluding steroid dienone is 1. The van der Waals surface area contributed by atoms with Gasteiger partial charge in [0.2, 0.25) is 6.54 Å². The third-order valence-corrected chi connectivity index (χ3v) is 3.15. The van der Waals surface area contributed by atoms with Gasteiger partial charge in [-0.2, -0.15) is 5.10 Å². The lowest BCUT2D eigenvalue weighted by Gasteiger charge is -2.05. The number of benzene rings is 2. The summed E-state index contributed by atoms with van der Waals surface area (Å²) in [4.78, 5) is 11.8. The van der Waals surface area contributed by atoms with Gasteiger partial charge in [-0.15, -0.1) is 0 Å². The zero-order chi connectivity index (χ0) is 18.6. The van der Waals surface area contributed by atoms with Crippen LogP contribution in [0.25, 0.3) is 6.08 Å². The zero-order valence-corrected chi connectivity index (χ0v) is 14.6. The van der Waals surface area contributed by atoms with Crippen molar-refractivity contribution < 1.29 is 19.6 Å². The van der Waals surface area contributed by atoms with Gasteiger partial charge >= 0.3 is 0 Å². The van der Waals surface area contributed by atoms with E-state index in [4.69, 9.17) is 9.94 Å². The SMILES string of the molecule is N.O=C(COc1ccc(C[N+]([O-])=NO)cc1)NN=C/C=C/c1ccccc1. The molecule has 0 fully saturated rings. The lowest BCUT2D eigenvalue weighted by Crippen LogP contribution is -2.24. The average Bonchev–Trinajstić information content (AvgIpc) is 2.68. The molecule has 27 heavy (non-hydrogen) atoms. The van der Waals surface area contributed by atoms with Crippen LogP contribution < -0.4 is 16.3 Å². The highest BCUT2D eigenvalue weighted by atomic mass is 16.6. The van der Waals surface area contributed by atoms with Crippen molar-refractivity contribution in [3.63, 3.8) is 0 Å². The molecule has 9 nitrogen and oxygen atoms in total. The van der Waals surface area contributed by atoms with Crippen LogP contribution in [0.15, 0.2) is 71.1 Å². The van der Waals surface area contributed by atoms with Gasteiger partial charge in [0.1, 0.15) is 5.75 Å². The molecular weight excluding hydrogens is 350 g/mol. The number of rotatable bonds is 8. The Morgan fingerprint density at radius 2 is 1.89 bits per heavy atom. The number of hydroxylamine groups is 1. The first-order valence-electron chi connectivity index (χ1n) is 7.72. The Bertz CT molecular complexity index is 789. The molecule has 0 aliphatic rings. The molecule has 2 aromatic carbocycles. The standard InChI is InChI=1S/C18H18N4O4.H3N/c23-18(20-19-12-4-7-15-5-2-1-3-6-15)14-26-17-10-8-16(9-11-17)13-22(25)21-24;/h1-12,24H,13-14H2,(H,20,23);1H3/b7-4+,19-12?,22-21?;. The molecule has 142 valence electrons. The molecule has 0 bridgehead atoms. The molecule has 0 radical (unpaired) electrons. The van der Waals surface area contributed by atoms with Crippen LogP contribution in [-0.2, 0) is 11.3 Å². The lowest BCUT2D eigenvalue weighted by molar-refractivity contribution is -0.570.